The van der Waals surface area contributed by atoms with E-state index in [9.17, 15) is 9.59 Å². The van der Waals surface area contributed by atoms with Gasteiger partial charge in [-0.3, -0.25) is 14.6 Å². The molecule has 148 valence electrons. The number of carbonyl (C=O) groups is 2. The van der Waals surface area contributed by atoms with Gasteiger partial charge < -0.3 is 20.1 Å². The van der Waals surface area contributed by atoms with Gasteiger partial charge in [0.05, 0.1) is 19.9 Å². The first-order valence-electron chi connectivity index (χ1n) is 8.91. The molecular formula is C22H21N3O4. The van der Waals surface area contributed by atoms with E-state index in [1.54, 1.807) is 62.0 Å². The molecule has 0 radical (unpaired) electrons. The number of pyridine rings is 1. The van der Waals surface area contributed by atoms with Gasteiger partial charge >= 0.3 is 0 Å². The van der Waals surface area contributed by atoms with Crippen molar-refractivity contribution in [2.75, 3.05) is 19.5 Å². The number of hydrogen-bond donors (Lipinski definition) is 2. The number of nitrogens with one attached hydrogen (secondary N) is 2. The average molecular weight is 391 g/mol. The number of anilines is 1. The fraction of sp³-hybridized carbons (Fsp3) is 0.136. The molecule has 1 heterocycles. The monoisotopic (exact) mass is 391 g/mol. The first kappa shape index (κ1) is 19.9. The van der Waals surface area contributed by atoms with E-state index in [1.165, 1.54) is 7.11 Å². The van der Waals surface area contributed by atoms with Gasteiger partial charge in [-0.1, -0.05) is 6.07 Å². The summed E-state index contributed by atoms with van der Waals surface area (Å²) < 4.78 is 10.4. The minimum Gasteiger partial charge on any atom is -0.497 e. The van der Waals surface area contributed by atoms with E-state index in [0.29, 0.717) is 34.9 Å². The minimum absolute atomic E-state index is 0.224. The maximum atomic E-state index is 12.5. The molecule has 0 bridgehead atoms. The van der Waals surface area contributed by atoms with Crippen molar-refractivity contribution in [2.24, 2.45) is 0 Å². The van der Waals surface area contributed by atoms with Gasteiger partial charge in [0.2, 0.25) is 0 Å². The zero-order chi connectivity index (χ0) is 20.6. The molecule has 2 N–H and O–H groups in total. The lowest BCUT2D eigenvalue weighted by Gasteiger charge is -2.12. The third-order valence-electron chi connectivity index (χ3n) is 4.24. The molecule has 0 unspecified atom stereocenters. The van der Waals surface area contributed by atoms with Gasteiger partial charge in [-0.25, -0.2) is 0 Å². The van der Waals surface area contributed by atoms with Crippen molar-refractivity contribution in [3.05, 3.63) is 83.7 Å². The van der Waals surface area contributed by atoms with Gasteiger partial charge in [0, 0.05) is 36.1 Å². The first-order valence-corrected chi connectivity index (χ1v) is 8.91. The molecule has 3 rings (SSSR count). The fourth-order valence-corrected chi connectivity index (χ4v) is 2.66. The highest BCUT2D eigenvalue weighted by atomic mass is 16.5. The molecule has 7 heteroatoms. The first-order chi connectivity index (χ1) is 14.1. The van der Waals surface area contributed by atoms with E-state index in [-0.39, 0.29) is 11.8 Å². The maximum absolute atomic E-state index is 12.5. The van der Waals surface area contributed by atoms with Crippen LogP contribution in [0.2, 0.25) is 0 Å². The van der Waals surface area contributed by atoms with Crippen LogP contribution in [0.4, 0.5) is 5.69 Å². The largest absolute Gasteiger partial charge is 0.497 e. The van der Waals surface area contributed by atoms with Crippen LogP contribution < -0.4 is 20.1 Å². The lowest BCUT2D eigenvalue weighted by molar-refractivity contribution is 0.0949. The fourth-order valence-electron chi connectivity index (χ4n) is 2.66. The van der Waals surface area contributed by atoms with Crippen molar-refractivity contribution in [2.45, 2.75) is 6.54 Å². The van der Waals surface area contributed by atoms with Crippen molar-refractivity contribution < 1.29 is 19.1 Å². The normalized spacial score (nSPS) is 10.1. The van der Waals surface area contributed by atoms with Crippen LogP contribution in [-0.4, -0.2) is 31.0 Å². The van der Waals surface area contributed by atoms with Crippen molar-refractivity contribution >= 4 is 17.5 Å². The second kappa shape index (κ2) is 9.36. The second-order valence-corrected chi connectivity index (χ2v) is 6.14. The average Bonchev–Trinajstić information content (AvgIpc) is 2.78. The Bertz CT molecular complexity index is 989. The number of hydrogen-bond acceptors (Lipinski definition) is 5. The SMILES string of the molecule is COc1ccc(NC(=O)c2ccc(C(=O)NCc3cccnc3)cc2)c(OC)c1. The molecular weight excluding hydrogens is 370 g/mol. The molecule has 29 heavy (non-hydrogen) atoms. The number of rotatable bonds is 7. The Morgan fingerprint density at radius 2 is 1.66 bits per heavy atom. The van der Waals surface area contributed by atoms with Gasteiger partial charge in [0.25, 0.3) is 11.8 Å². The number of nitrogens with zero attached hydrogens (tertiary/aromatic N) is 1. The van der Waals surface area contributed by atoms with E-state index >= 15 is 0 Å². The van der Waals surface area contributed by atoms with E-state index in [2.05, 4.69) is 15.6 Å². The van der Waals surface area contributed by atoms with Crippen LogP contribution in [-0.2, 0) is 6.54 Å². The summed E-state index contributed by atoms with van der Waals surface area (Å²) in [5.41, 5.74) is 2.32. The van der Waals surface area contributed by atoms with E-state index in [1.807, 2.05) is 12.1 Å². The summed E-state index contributed by atoms with van der Waals surface area (Å²) in [4.78, 5) is 28.8. The molecule has 0 fully saturated rings. The Morgan fingerprint density at radius 1 is 0.931 bits per heavy atom. The van der Waals surface area contributed by atoms with Crippen molar-refractivity contribution in [3.63, 3.8) is 0 Å². The van der Waals surface area contributed by atoms with Crippen molar-refractivity contribution in [3.8, 4) is 11.5 Å². The highest BCUT2D eigenvalue weighted by Gasteiger charge is 2.12. The summed E-state index contributed by atoms with van der Waals surface area (Å²) in [5, 5.41) is 5.62. The summed E-state index contributed by atoms with van der Waals surface area (Å²) in [6.07, 6.45) is 3.37. The molecule has 7 nitrogen and oxygen atoms in total. The van der Waals surface area contributed by atoms with Crippen LogP contribution >= 0.6 is 0 Å². The molecule has 0 aliphatic rings. The highest BCUT2D eigenvalue weighted by molar-refractivity contribution is 6.05. The van der Waals surface area contributed by atoms with Crippen LogP contribution in [0.25, 0.3) is 0 Å². The molecule has 0 aliphatic carbocycles. The van der Waals surface area contributed by atoms with Crippen LogP contribution in [0, 0.1) is 0 Å². The Morgan fingerprint density at radius 3 is 2.28 bits per heavy atom. The summed E-state index contributed by atoms with van der Waals surface area (Å²) in [7, 11) is 3.07. The van der Waals surface area contributed by atoms with Gasteiger partial charge in [-0.05, 0) is 48.0 Å². The van der Waals surface area contributed by atoms with Crippen molar-refractivity contribution in [1.82, 2.24) is 10.3 Å². The number of carbonyl (C=O) groups excluding carboxylic acids is 2. The third kappa shape index (κ3) is 5.10. The molecule has 0 saturated heterocycles. The number of methoxy groups -OCH3 is 2. The molecule has 3 aromatic rings. The topological polar surface area (TPSA) is 89.5 Å². The molecule has 2 amide bonds. The third-order valence-corrected chi connectivity index (χ3v) is 4.24. The van der Waals surface area contributed by atoms with Gasteiger partial charge in [-0.2, -0.15) is 0 Å². The Hall–Kier alpha value is -3.87. The molecule has 1 aromatic heterocycles. The molecule has 0 spiro atoms. The summed E-state index contributed by atoms with van der Waals surface area (Å²) in [6.45, 7) is 0.381. The van der Waals surface area contributed by atoms with Crippen LogP contribution in [0.5, 0.6) is 11.5 Å². The maximum Gasteiger partial charge on any atom is 0.255 e. The highest BCUT2D eigenvalue weighted by Crippen LogP contribution is 2.29. The number of benzene rings is 2. The van der Waals surface area contributed by atoms with Crippen molar-refractivity contribution in [1.29, 1.82) is 0 Å². The van der Waals surface area contributed by atoms with E-state index < -0.39 is 0 Å². The lowest BCUT2D eigenvalue weighted by atomic mass is 10.1. The van der Waals surface area contributed by atoms with Crippen LogP contribution in [0.1, 0.15) is 26.3 Å². The van der Waals surface area contributed by atoms with Gasteiger partial charge in [0.15, 0.2) is 0 Å². The minimum atomic E-state index is -0.309. The Kier molecular flexibility index (Phi) is 6.42. The smallest absolute Gasteiger partial charge is 0.255 e. The summed E-state index contributed by atoms with van der Waals surface area (Å²) in [5.74, 6) is 0.582. The number of ether oxygens (including phenoxy) is 2. The van der Waals surface area contributed by atoms with E-state index in [4.69, 9.17) is 9.47 Å². The zero-order valence-corrected chi connectivity index (χ0v) is 16.1. The Balaban J connectivity index is 1.63. The van der Waals surface area contributed by atoms with E-state index in [0.717, 1.165) is 5.56 Å². The standard InChI is InChI=1S/C22H21N3O4/c1-28-18-9-10-19(20(12-18)29-2)25-22(27)17-7-5-16(6-8-17)21(26)24-14-15-4-3-11-23-13-15/h3-13H,14H2,1-2H3,(H,24,26)(H,25,27). The van der Waals surface area contributed by atoms with Gasteiger partial charge in [0.1, 0.15) is 11.5 Å². The predicted molar refractivity (Wildman–Crippen MR) is 109 cm³/mol. The molecule has 0 atom stereocenters. The molecule has 0 aliphatic heterocycles. The van der Waals surface area contributed by atoms with Crippen LogP contribution in [0.15, 0.2) is 67.0 Å². The quantitative estimate of drug-likeness (QED) is 0.645. The Labute approximate surface area is 168 Å². The predicted octanol–water partition coefficient (Wildman–Crippen LogP) is 3.28. The zero-order valence-electron chi connectivity index (χ0n) is 16.1. The lowest BCUT2D eigenvalue weighted by Crippen LogP contribution is -2.23. The summed E-state index contributed by atoms with van der Waals surface area (Å²) >= 11 is 0. The van der Waals surface area contributed by atoms with Crippen LogP contribution in [0.3, 0.4) is 0 Å². The molecule has 2 aromatic carbocycles. The molecule has 0 saturated carbocycles. The number of aromatic nitrogens is 1. The second-order valence-electron chi connectivity index (χ2n) is 6.14. The number of amides is 2. The summed E-state index contributed by atoms with van der Waals surface area (Å²) in [6, 6.07) is 15.2. The van der Waals surface area contributed by atoms with Gasteiger partial charge in [-0.15, -0.1) is 0 Å².